The molecule has 30 heavy (non-hydrogen) atoms. The molecule has 1 aromatic carbocycles. The number of hydrogen-bond acceptors (Lipinski definition) is 6. The van der Waals surface area contributed by atoms with Crippen LogP contribution in [0.15, 0.2) is 30.5 Å². The number of aromatic nitrogens is 4. The lowest BCUT2D eigenvalue weighted by Crippen LogP contribution is -2.31. The van der Waals surface area contributed by atoms with Crippen molar-refractivity contribution in [3.05, 3.63) is 53.1 Å². The highest BCUT2D eigenvalue weighted by Gasteiger charge is 2.33. The van der Waals surface area contributed by atoms with Crippen LogP contribution in [0.1, 0.15) is 40.5 Å². The Hall–Kier alpha value is -3.49. The van der Waals surface area contributed by atoms with Gasteiger partial charge in [0.25, 0.3) is 5.91 Å². The van der Waals surface area contributed by atoms with Crippen molar-refractivity contribution < 1.29 is 9.18 Å². The summed E-state index contributed by atoms with van der Waals surface area (Å²) in [6, 6.07) is 6.13. The van der Waals surface area contributed by atoms with Gasteiger partial charge in [0.05, 0.1) is 29.7 Å². The highest BCUT2D eigenvalue weighted by molar-refractivity contribution is 5.96. The van der Waals surface area contributed by atoms with E-state index < -0.39 is 0 Å². The fourth-order valence-electron chi connectivity index (χ4n) is 4.50. The molecule has 4 heterocycles. The molecule has 0 spiro atoms. The maximum Gasteiger partial charge on any atom is 0.254 e. The molecule has 1 amide bonds. The molecule has 154 valence electrons. The summed E-state index contributed by atoms with van der Waals surface area (Å²) in [7, 11) is 3.55. The van der Waals surface area contributed by atoms with Gasteiger partial charge in [-0.05, 0) is 42.7 Å². The predicted octanol–water partition coefficient (Wildman–Crippen LogP) is 2.53. The first-order chi connectivity index (χ1) is 14.4. The van der Waals surface area contributed by atoms with Crippen LogP contribution in [-0.2, 0) is 13.6 Å². The molecular weight excluding hydrogens is 385 g/mol. The second kappa shape index (κ2) is 6.79. The minimum atomic E-state index is -0.364. The van der Waals surface area contributed by atoms with Gasteiger partial charge in [-0.15, -0.1) is 10.2 Å². The number of fused-ring (bicyclic) bond motifs is 8. The van der Waals surface area contributed by atoms with E-state index in [-0.39, 0.29) is 17.8 Å². The molecule has 1 atom stereocenters. The molecule has 0 saturated carbocycles. The molecule has 0 aliphatic carbocycles. The van der Waals surface area contributed by atoms with Crippen LogP contribution < -0.4 is 10.6 Å². The van der Waals surface area contributed by atoms with Crippen LogP contribution in [0, 0.1) is 5.82 Å². The van der Waals surface area contributed by atoms with Crippen molar-refractivity contribution in [1.82, 2.24) is 24.9 Å². The second-order valence-corrected chi connectivity index (χ2v) is 7.91. The number of amides is 1. The minimum absolute atomic E-state index is 0.166. The summed E-state index contributed by atoms with van der Waals surface area (Å²) in [5.74, 6) is -0.219. The SMILES string of the molecule is CN1Cc2nn(C)cc2-c2cc(c(N)nn2)N2CCC[C@@H]2c2cc(F)ccc2C1=O. The second-order valence-electron chi connectivity index (χ2n) is 7.91. The van der Waals surface area contributed by atoms with E-state index in [4.69, 9.17) is 5.73 Å². The van der Waals surface area contributed by atoms with E-state index >= 15 is 0 Å². The summed E-state index contributed by atoms with van der Waals surface area (Å²) in [5.41, 5.74) is 10.3. The normalized spacial score (nSPS) is 18.4. The average molecular weight is 407 g/mol. The number of nitrogens with zero attached hydrogens (tertiary/aromatic N) is 6. The topological polar surface area (TPSA) is 93.2 Å². The van der Waals surface area contributed by atoms with E-state index in [9.17, 15) is 9.18 Å². The summed E-state index contributed by atoms with van der Waals surface area (Å²) in [6.07, 6.45) is 3.57. The maximum absolute atomic E-state index is 14.2. The van der Waals surface area contributed by atoms with E-state index in [2.05, 4.69) is 20.2 Å². The molecule has 2 aromatic heterocycles. The number of rotatable bonds is 0. The summed E-state index contributed by atoms with van der Waals surface area (Å²) < 4.78 is 15.9. The van der Waals surface area contributed by atoms with Crippen molar-refractivity contribution in [1.29, 1.82) is 0 Å². The van der Waals surface area contributed by atoms with Gasteiger partial charge in [-0.1, -0.05) is 0 Å². The number of hydrogen-bond donors (Lipinski definition) is 1. The van der Waals surface area contributed by atoms with Gasteiger partial charge in [0, 0.05) is 38.0 Å². The Balaban J connectivity index is 1.77. The third-order valence-electron chi connectivity index (χ3n) is 5.88. The Kier molecular flexibility index (Phi) is 4.19. The number of carbonyl (C=O) groups excluding carboxylic acids is 1. The van der Waals surface area contributed by atoms with Crippen molar-refractivity contribution >= 4 is 17.4 Å². The largest absolute Gasteiger partial charge is 0.380 e. The quantitative estimate of drug-likeness (QED) is 0.616. The van der Waals surface area contributed by atoms with Crippen LogP contribution in [0.2, 0.25) is 0 Å². The zero-order valence-corrected chi connectivity index (χ0v) is 16.8. The molecule has 8 nitrogen and oxygen atoms in total. The lowest BCUT2D eigenvalue weighted by molar-refractivity contribution is 0.0781. The van der Waals surface area contributed by atoms with Gasteiger partial charge < -0.3 is 15.5 Å². The van der Waals surface area contributed by atoms with Crippen molar-refractivity contribution in [2.45, 2.75) is 25.4 Å². The molecule has 3 aromatic rings. The lowest BCUT2D eigenvalue weighted by Gasteiger charge is -2.30. The molecule has 2 bridgehead atoms. The molecule has 0 unspecified atom stereocenters. The average Bonchev–Trinajstić information content (AvgIpc) is 3.34. The third-order valence-corrected chi connectivity index (χ3v) is 5.88. The molecular formula is C21H22FN7O. The zero-order valence-electron chi connectivity index (χ0n) is 16.8. The van der Waals surface area contributed by atoms with E-state index in [0.29, 0.717) is 34.9 Å². The highest BCUT2D eigenvalue weighted by Crippen LogP contribution is 2.41. The zero-order chi connectivity index (χ0) is 21.0. The molecule has 1 fully saturated rings. The number of aryl methyl sites for hydroxylation is 1. The smallest absolute Gasteiger partial charge is 0.254 e. The Labute approximate surface area is 173 Å². The molecule has 0 radical (unpaired) electrons. The Morgan fingerprint density at radius 2 is 2.00 bits per heavy atom. The number of halogens is 1. The first-order valence-corrected chi connectivity index (χ1v) is 9.90. The predicted molar refractivity (Wildman–Crippen MR) is 110 cm³/mol. The molecule has 1 saturated heterocycles. The minimum Gasteiger partial charge on any atom is -0.380 e. The summed E-state index contributed by atoms with van der Waals surface area (Å²) in [6.45, 7) is 1.03. The van der Waals surface area contributed by atoms with Gasteiger partial charge in [-0.3, -0.25) is 9.48 Å². The van der Waals surface area contributed by atoms with E-state index in [0.717, 1.165) is 30.6 Å². The first kappa shape index (κ1) is 18.5. The van der Waals surface area contributed by atoms with Crippen LogP contribution in [-0.4, -0.2) is 44.4 Å². The standard InChI is InChI=1S/C21H22FN7O/c1-27-11-17-15(10-28(2)26-17)16-9-19(20(23)25-24-16)29-7-3-4-18(29)14-8-12(22)5-6-13(14)21(27)30/h5-6,8-10,18H,3-4,7,11H2,1-2H3,(H2,23,25)/t18-/m1/s1. The van der Waals surface area contributed by atoms with E-state index in [1.165, 1.54) is 12.1 Å². The summed E-state index contributed by atoms with van der Waals surface area (Å²) in [4.78, 5) is 17.1. The van der Waals surface area contributed by atoms with Gasteiger partial charge in [0.1, 0.15) is 5.82 Å². The molecule has 2 aliphatic rings. The molecule has 5 rings (SSSR count). The number of carbonyl (C=O) groups is 1. The van der Waals surface area contributed by atoms with E-state index in [1.807, 2.05) is 19.3 Å². The van der Waals surface area contributed by atoms with Crippen LogP contribution in [0.5, 0.6) is 0 Å². The highest BCUT2D eigenvalue weighted by atomic mass is 19.1. The number of anilines is 2. The van der Waals surface area contributed by atoms with Gasteiger partial charge in [0.15, 0.2) is 5.82 Å². The van der Waals surface area contributed by atoms with Gasteiger partial charge in [0.2, 0.25) is 0 Å². The number of nitrogens with two attached hydrogens (primary N) is 1. The maximum atomic E-state index is 14.2. The van der Waals surface area contributed by atoms with Crippen LogP contribution >= 0.6 is 0 Å². The molecule has 2 aliphatic heterocycles. The Morgan fingerprint density at radius 3 is 2.83 bits per heavy atom. The monoisotopic (exact) mass is 407 g/mol. The Bertz CT molecular complexity index is 1160. The summed E-state index contributed by atoms with van der Waals surface area (Å²) >= 11 is 0. The Morgan fingerprint density at radius 1 is 1.17 bits per heavy atom. The third kappa shape index (κ3) is 2.89. The fourth-order valence-corrected chi connectivity index (χ4v) is 4.50. The van der Waals surface area contributed by atoms with Gasteiger partial charge in [-0.2, -0.15) is 5.10 Å². The van der Waals surface area contributed by atoms with Crippen molar-refractivity contribution in [2.75, 3.05) is 24.2 Å². The first-order valence-electron chi connectivity index (χ1n) is 9.90. The van der Waals surface area contributed by atoms with Crippen molar-refractivity contribution in [3.8, 4) is 11.3 Å². The fraction of sp³-hybridized carbons (Fsp3) is 0.333. The number of benzene rings is 1. The van der Waals surface area contributed by atoms with Crippen molar-refractivity contribution in [3.63, 3.8) is 0 Å². The van der Waals surface area contributed by atoms with Gasteiger partial charge >= 0.3 is 0 Å². The van der Waals surface area contributed by atoms with Crippen LogP contribution in [0.25, 0.3) is 11.3 Å². The van der Waals surface area contributed by atoms with Crippen LogP contribution in [0.4, 0.5) is 15.9 Å². The van der Waals surface area contributed by atoms with Gasteiger partial charge in [-0.25, -0.2) is 4.39 Å². The van der Waals surface area contributed by atoms with E-state index in [1.54, 1.807) is 22.7 Å². The molecule has 2 N–H and O–H groups in total. The van der Waals surface area contributed by atoms with Crippen molar-refractivity contribution in [2.24, 2.45) is 7.05 Å². The molecule has 9 heteroatoms. The lowest BCUT2D eigenvalue weighted by atomic mass is 9.96. The number of nitrogen functional groups attached to an aromatic ring is 1. The van der Waals surface area contributed by atoms with Crippen LogP contribution in [0.3, 0.4) is 0 Å². The summed E-state index contributed by atoms with van der Waals surface area (Å²) in [5, 5.41) is 13.0.